The van der Waals surface area contributed by atoms with Gasteiger partial charge in [-0.3, -0.25) is 4.98 Å². The number of benzene rings is 2. The molecule has 0 bridgehead atoms. The summed E-state index contributed by atoms with van der Waals surface area (Å²) in [4.78, 5) is 9.13. The maximum absolute atomic E-state index is 5.48. The Morgan fingerprint density at radius 2 is 1.75 bits per heavy atom. The fourth-order valence-corrected chi connectivity index (χ4v) is 2.64. The number of aromatic nitrogens is 2. The van der Waals surface area contributed by atoms with E-state index in [2.05, 4.69) is 17.1 Å². The SMILES string of the molecule is COc1ccnc2ccc3nc4ccccc4cc3c12. The van der Waals surface area contributed by atoms with Gasteiger partial charge in [-0.05, 0) is 30.3 Å². The number of hydrogen-bond acceptors (Lipinski definition) is 3. The van der Waals surface area contributed by atoms with Crippen molar-refractivity contribution >= 4 is 32.7 Å². The molecule has 3 nitrogen and oxygen atoms in total. The van der Waals surface area contributed by atoms with Crippen LogP contribution in [0.15, 0.2) is 54.7 Å². The van der Waals surface area contributed by atoms with Crippen molar-refractivity contribution in [3.05, 3.63) is 54.7 Å². The number of pyridine rings is 2. The molecule has 0 saturated carbocycles. The van der Waals surface area contributed by atoms with E-state index in [0.717, 1.165) is 38.5 Å². The third kappa shape index (κ3) is 1.53. The molecule has 2 aromatic heterocycles. The van der Waals surface area contributed by atoms with Crippen LogP contribution in [0.3, 0.4) is 0 Å². The molecule has 4 aromatic rings. The molecule has 0 aliphatic heterocycles. The molecule has 20 heavy (non-hydrogen) atoms. The second-order valence-corrected chi connectivity index (χ2v) is 4.72. The molecular weight excluding hydrogens is 248 g/mol. The van der Waals surface area contributed by atoms with Gasteiger partial charge in [0.25, 0.3) is 0 Å². The molecule has 3 heteroatoms. The van der Waals surface area contributed by atoms with Gasteiger partial charge < -0.3 is 4.74 Å². The van der Waals surface area contributed by atoms with Gasteiger partial charge in [0.2, 0.25) is 0 Å². The summed E-state index contributed by atoms with van der Waals surface area (Å²) in [5.74, 6) is 0.831. The lowest BCUT2D eigenvalue weighted by Gasteiger charge is -2.08. The summed E-state index contributed by atoms with van der Waals surface area (Å²) >= 11 is 0. The monoisotopic (exact) mass is 260 g/mol. The van der Waals surface area contributed by atoms with Crippen molar-refractivity contribution in [2.24, 2.45) is 0 Å². The van der Waals surface area contributed by atoms with E-state index in [4.69, 9.17) is 9.72 Å². The quantitative estimate of drug-likeness (QED) is 0.384. The Hall–Kier alpha value is -2.68. The normalized spacial score (nSPS) is 11.2. The zero-order chi connectivity index (χ0) is 13.5. The summed E-state index contributed by atoms with van der Waals surface area (Å²) in [5.41, 5.74) is 2.89. The van der Waals surface area contributed by atoms with Crippen LogP contribution < -0.4 is 4.74 Å². The largest absolute Gasteiger partial charge is 0.496 e. The number of fused-ring (bicyclic) bond motifs is 4. The van der Waals surface area contributed by atoms with E-state index in [1.165, 1.54) is 0 Å². The smallest absolute Gasteiger partial charge is 0.130 e. The lowest BCUT2D eigenvalue weighted by molar-refractivity contribution is 0.420. The zero-order valence-electron chi connectivity index (χ0n) is 11.0. The molecule has 2 heterocycles. The van der Waals surface area contributed by atoms with Gasteiger partial charge in [-0.2, -0.15) is 0 Å². The molecule has 0 N–H and O–H groups in total. The number of ether oxygens (including phenoxy) is 1. The molecule has 0 spiro atoms. The van der Waals surface area contributed by atoms with E-state index in [1.54, 1.807) is 13.3 Å². The molecule has 0 radical (unpaired) electrons. The van der Waals surface area contributed by atoms with Crippen LogP contribution in [0.25, 0.3) is 32.7 Å². The Kier molecular flexibility index (Phi) is 2.33. The summed E-state index contributed by atoms with van der Waals surface area (Å²) in [6.45, 7) is 0. The second kappa shape index (κ2) is 4.17. The van der Waals surface area contributed by atoms with Gasteiger partial charge in [0.05, 0.1) is 29.0 Å². The Morgan fingerprint density at radius 3 is 2.65 bits per heavy atom. The topological polar surface area (TPSA) is 35.0 Å². The fraction of sp³-hybridized carbons (Fsp3) is 0.0588. The number of methoxy groups -OCH3 is 1. The predicted octanol–water partition coefficient (Wildman–Crippen LogP) is 3.94. The molecule has 0 amide bonds. The van der Waals surface area contributed by atoms with Crippen LogP contribution >= 0.6 is 0 Å². The van der Waals surface area contributed by atoms with Gasteiger partial charge in [0, 0.05) is 17.0 Å². The Balaban J connectivity index is 2.25. The highest BCUT2D eigenvalue weighted by Gasteiger charge is 2.09. The number of hydrogen-bond donors (Lipinski definition) is 0. The summed E-state index contributed by atoms with van der Waals surface area (Å²) in [6, 6.07) is 16.2. The molecule has 96 valence electrons. The van der Waals surface area contributed by atoms with E-state index < -0.39 is 0 Å². The van der Waals surface area contributed by atoms with Crippen molar-refractivity contribution in [1.82, 2.24) is 9.97 Å². The third-order valence-corrected chi connectivity index (χ3v) is 3.58. The standard InChI is InChI=1S/C17H12N2O/c1-20-16-8-9-18-15-7-6-14-12(17(15)16)10-11-4-2-3-5-13(11)19-14/h2-10H,1H3. The Labute approximate surface area is 115 Å². The number of para-hydroxylation sites is 1. The van der Waals surface area contributed by atoms with Gasteiger partial charge in [-0.25, -0.2) is 4.98 Å². The van der Waals surface area contributed by atoms with E-state index in [-0.39, 0.29) is 0 Å². The molecule has 0 unspecified atom stereocenters. The fourth-order valence-electron chi connectivity index (χ4n) is 2.64. The van der Waals surface area contributed by atoms with Crippen LogP contribution in [-0.2, 0) is 0 Å². The van der Waals surface area contributed by atoms with E-state index >= 15 is 0 Å². The second-order valence-electron chi connectivity index (χ2n) is 4.72. The molecule has 4 rings (SSSR count). The first-order valence-corrected chi connectivity index (χ1v) is 6.48. The maximum Gasteiger partial charge on any atom is 0.130 e. The van der Waals surface area contributed by atoms with Crippen molar-refractivity contribution in [3.63, 3.8) is 0 Å². The van der Waals surface area contributed by atoms with Crippen LogP contribution in [0.2, 0.25) is 0 Å². The average Bonchev–Trinajstić information content (AvgIpc) is 2.52. The molecular formula is C17H12N2O. The van der Waals surface area contributed by atoms with E-state index in [1.807, 2.05) is 36.4 Å². The summed E-state index contributed by atoms with van der Waals surface area (Å²) in [6.07, 6.45) is 1.77. The van der Waals surface area contributed by atoms with Crippen molar-refractivity contribution < 1.29 is 4.74 Å². The summed E-state index contributed by atoms with van der Waals surface area (Å²) in [7, 11) is 1.68. The van der Waals surface area contributed by atoms with Gasteiger partial charge >= 0.3 is 0 Å². The minimum atomic E-state index is 0.831. The summed E-state index contributed by atoms with van der Waals surface area (Å²) < 4.78 is 5.48. The average molecular weight is 260 g/mol. The van der Waals surface area contributed by atoms with Crippen LogP contribution in [0.5, 0.6) is 5.75 Å². The highest BCUT2D eigenvalue weighted by Crippen LogP contribution is 2.32. The first-order chi connectivity index (χ1) is 9.86. The number of rotatable bonds is 1. The summed E-state index contributed by atoms with van der Waals surface area (Å²) in [5, 5.41) is 3.22. The molecule has 0 atom stereocenters. The van der Waals surface area contributed by atoms with Gasteiger partial charge in [-0.15, -0.1) is 0 Å². The van der Waals surface area contributed by atoms with Crippen LogP contribution in [0.1, 0.15) is 0 Å². The minimum Gasteiger partial charge on any atom is -0.496 e. The van der Waals surface area contributed by atoms with Crippen molar-refractivity contribution in [1.29, 1.82) is 0 Å². The van der Waals surface area contributed by atoms with Crippen LogP contribution in [0.4, 0.5) is 0 Å². The zero-order valence-corrected chi connectivity index (χ0v) is 11.0. The Bertz CT molecular complexity index is 947. The van der Waals surface area contributed by atoms with Crippen molar-refractivity contribution in [3.8, 4) is 5.75 Å². The van der Waals surface area contributed by atoms with Crippen LogP contribution in [0, 0.1) is 0 Å². The third-order valence-electron chi connectivity index (χ3n) is 3.58. The van der Waals surface area contributed by atoms with Crippen molar-refractivity contribution in [2.45, 2.75) is 0 Å². The van der Waals surface area contributed by atoms with E-state index in [0.29, 0.717) is 0 Å². The first-order valence-electron chi connectivity index (χ1n) is 6.48. The lowest BCUT2D eigenvalue weighted by Crippen LogP contribution is -1.90. The molecule has 0 aliphatic rings. The van der Waals surface area contributed by atoms with Crippen LogP contribution in [-0.4, -0.2) is 17.1 Å². The minimum absolute atomic E-state index is 0.831. The van der Waals surface area contributed by atoms with Crippen molar-refractivity contribution in [2.75, 3.05) is 7.11 Å². The molecule has 0 fully saturated rings. The highest BCUT2D eigenvalue weighted by atomic mass is 16.5. The molecule has 2 aromatic carbocycles. The molecule has 0 aliphatic carbocycles. The molecule has 0 saturated heterocycles. The lowest BCUT2D eigenvalue weighted by atomic mass is 10.1. The highest BCUT2D eigenvalue weighted by molar-refractivity contribution is 6.11. The van der Waals surface area contributed by atoms with Gasteiger partial charge in [-0.1, -0.05) is 18.2 Å². The van der Waals surface area contributed by atoms with Gasteiger partial charge in [0.1, 0.15) is 5.75 Å². The number of nitrogens with zero attached hydrogens (tertiary/aromatic N) is 2. The maximum atomic E-state index is 5.48. The van der Waals surface area contributed by atoms with E-state index in [9.17, 15) is 0 Å². The predicted molar refractivity (Wildman–Crippen MR) is 81.1 cm³/mol. The Morgan fingerprint density at radius 1 is 0.900 bits per heavy atom. The van der Waals surface area contributed by atoms with Gasteiger partial charge in [0.15, 0.2) is 0 Å². The first kappa shape index (κ1) is 11.2.